The highest BCUT2D eigenvalue weighted by Gasteiger charge is 1.96. The molecule has 0 unspecified atom stereocenters. The number of rotatable bonds is 6. The number of hydrogen-bond donors (Lipinski definition) is 1. The smallest absolute Gasteiger partial charge is 0.137 e. The van der Waals surface area contributed by atoms with E-state index in [1.165, 1.54) is 12.0 Å². The standard InChI is InChI=1S/C11H18N2O/c1-3-5-12-6-4-10-7-11(14-2)9-13-8-10/h7-9,12H,3-6H2,1-2H3. The van der Waals surface area contributed by atoms with Crippen molar-refractivity contribution in [3.05, 3.63) is 24.0 Å². The predicted octanol–water partition coefficient (Wildman–Crippen LogP) is 1.63. The summed E-state index contributed by atoms with van der Waals surface area (Å²) in [7, 11) is 1.66. The van der Waals surface area contributed by atoms with Gasteiger partial charge in [-0.15, -0.1) is 0 Å². The summed E-state index contributed by atoms with van der Waals surface area (Å²) >= 11 is 0. The summed E-state index contributed by atoms with van der Waals surface area (Å²) in [5.41, 5.74) is 1.22. The van der Waals surface area contributed by atoms with E-state index in [9.17, 15) is 0 Å². The van der Waals surface area contributed by atoms with E-state index in [4.69, 9.17) is 4.74 Å². The minimum Gasteiger partial charge on any atom is -0.495 e. The number of nitrogens with zero attached hydrogens (tertiary/aromatic N) is 1. The highest BCUT2D eigenvalue weighted by Crippen LogP contribution is 2.10. The van der Waals surface area contributed by atoms with Crippen LogP contribution in [0.4, 0.5) is 0 Å². The lowest BCUT2D eigenvalue weighted by Gasteiger charge is -2.04. The molecule has 1 rings (SSSR count). The van der Waals surface area contributed by atoms with Crippen LogP contribution in [0, 0.1) is 0 Å². The van der Waals surface area contributed by atoms with Crippen LogP contribution >= 0.6 is 0 Å². The fraction of sp³-hybridized carbons (Fsp3) is 0.545. The van der Waals surface area contributed by atoms with Crippen molar-refractivity contribution in [2.24, 2.45) is 0 Å². The van der Waals surface area contributed by atoms with Gasteiger partial charge in [0.1, 0.15) is 5.75 Å². The first kappa shape index (κ1) is 11.0. The molecule has 0 saturated carbocycles. The molecule has 0 aliphatic carbocycles. The topological polar surface area (TPSA) is 34.2 Å². The number of pyridine rings is 1. The molecule has 0 bridgehead atoms. The van der Waals surface area contributed by atoms with Gasteiger partial charge in [-0.2, -0.15) is 0 Å². The molecular formula is C11H18N2O. The van der Waals surface area contributed by atoms with Gasteiger partial charge in [-0.1, -0.05) is 6.92 Å². The summed E-state index contributed by atoms with van der Waals surface area (Å²) in [6.07, 6.45) is 5.79. The Morgan fingerprint density at radius 3 is 2.93 bits per heavy atom. The summed E-state index contributed by atoms with van der Waals surface area (Å²) in [6.45, 7) is 4.25. The Labute approximate surface area is 85.5 Å². The molecule has 3 heteroatoms. The van der Waals surface area contributed by atoms with E-state index in [0.717, 1.165) is 25.3 Å². The van der Waals surface area contributed by atoms with Crippen molar-refractivity contribution >= 4 is 0 Å². The molecule has 78 valence electrons. The lowest BCUT2D eigenvalue weighted by molar-refractivity contribution is 0.412. The average Bonchev–Trinajstić information content (AvgIpc) is 2.25. The molecule has 3 nitrogen and oxygen atoms in total. The van der Waals surface area contributed by atoms with E-state index in [0.29, 0.717) is 0 Å². The van der Waals surface area contributed by atoms with Crippen molar-refractivity contribution in [3.8, 4) is 5.75 Å². The minimum atomic E-state index is 0.831. The van der Waals surface area contributed by atoms with Crippen molar-refractivity contribution in [2.75, 3.05) is 20.2 Å². The highest BCUT2D eigenvalue weighted by atomic mass is 16.5. The molecule has 1 N–H and O–H groups in total. The quantitative estimate of drug-likeness (QED) is 0.699. The molecule has 0 aliphatic heterocycles. The second kappa shape index (κ2) is 6.38. The van der Waals surface area contributed by atoms with Gasteiger partial charge in [0.15, 0.2) is 0 Å². The Morgan fingerprint density at radius 1 is 1.36 bits per heavy atom. The zero-order valence-corrected chi connectivity index (χ0v) is 8.92. The SMILES string of the molecule is CCCNCCc1cncc(OC)c1. The van der Waals surface area contributed by atoms with Gasteiger partial charge < -0.3 is 10.1 Å². The average molecular weight is 194 g/mol. The zero-order chi connectivity index (χ0) is 10.2. The van der Waals surface area contributed by atoms with Crippen molar-refractivity contribution < 1.29 is 4.74 Å². The third-order valence-corrected chi connectivity index (χ3v) is 2.02. The highest BCUT2D eigenvalue weighted by molar-refractivity contribution is 5.23. The van der Waals surface area contributed by atoms with E-state index < -0.39 is 0 Å². The third kappa shape index (κ3) is 3.75. The van der Waals surface area contributed by atoms with Crippen LogP contribution in [0.1, 0.15) is 18.9 Å². The first-order chi connectivity index (χ1) is 6.86. The van der Waals surface area contributed by atoms with Crippen molar-refractivity contribution in [1.82, 2.24) is 10.3 Å². The van der Waals surface area contributed by atoms with Gasteiger partial charge in [-0.3, -0.25) is 4.98 Å². The summed E-state index contributed by atoms with van der Waals surface area (Å²) in [5.74, 6) is 0.831. The van der Waals surface area contributed by atoms with Crippen LogP contribution in [-0.4, -0.2) is 25.2 Å². The Hall–Kier alpha value is -1.09. The maximum Gasteiger partial charge on any atom is 0.137 e. The Morgan fingerprint density at radius 2 is 2.21 bits per heavy atom. The Kier molecular flexibility index (Phi) is 5.00. The van der Waals surface area contributed by atoms with Crippen LogP contribution in [-0.2, 0) is 6.42 Å². The second-order valence-corrected chi connectivity index (χ2v) is 3.23. The number of hydrogen-bond acceptors (Lipinski definition) is 3. The molecule has 1 aromatic rings. The second-order valence-electron chi connectivity index (χ2n) is 3.23. The van der Waals surface area contributed by atoms with E-state index >= 15 is 0 Å². The number of aromatic nitrogens is 1. The molecule has 0 radical (unpaired) electrons. The monoisotopic (exact) mass is 194 g/mol. The predicted molar refractivity (Wildman–Crippen MR) is 57.7 cm³/mol. The van der Waals surface area contributed by atoms with E-state index in [2.05, 4.69) is 17.2 Å². The van der Waals surface area contributed by atoms with Gasteiger partial charge in [0.2, 0.25) is 0 Å². The van der Waals surface area contributed by atoms with Gasteiger partial charge in [0.25, 0.3) is 0 Å². The molecule has 0 fully saturated rings. The first-order valence-corrected chi connectivity index (χ1v) is 5.05. The maximum absolute atomic E-state index is 5.10. The molecule has 0 atom stereocenters. The fourth-order valence-electron chi connectivity index (χ4n) is 1.25. The Balaban J connectivity index is 2.34. The molecule has 0 aromatic carbocycles. The number of ether oxygens (including phenoxy) is 1. The van der Waals surface area contributed by atoms with Gasteiger partial charge in [-0.25, -0.2) is 0 Å². The van der Waals surface area contributed by atoms with Crippen LogP contribution < -0.4 is 10.1 Å². The fourth-order valence-corrected chi connectivity index (χ4v) is 1.25. The lowest BCUT2D eigenvalue weighted by atomic mass is 10.2. The molecule has 0 aliphatic rings. The zero-order valence-electron chi connectivity index (χ0n) is 8.92. The molecule has 1 heterocycles. The third-order valence-electron chi connectivity index (χ3n) is 2.02. The van der Waals surface area contributed by atoms with E-state index in [1.807, 2.05) is 12.3 Å². The first-order valence-electron chi connectivity index (χ1n) is 5.05. The van der Waals surface area contributed by atoms with Gasteiger partial charge in [0.05, 0.1) is 13.3 Å². The maximum atomic E-state index is 5.10. The number of nitrogens with one attached hydrogen (secondary N) is 1. The molecular weight excluding hydrogens is 176 g/mol. The van der Waals surface area contributed by atoms with Gasteiger partial charge >= 0.3 is 0 Å². The molecule has 14 heavy (non-hydrogen) atoms. The van der Waals surface area contributed by atoms with Crippen LogP contribution in [0.15, 0.2) is 18.5 Å². The summed E-state index contributed by atoms with van der Waals surface area (Å²) in [4.78, 5) is 4.10. The van der Waals surface area contributed by atoms with Crippen molar-refractivity contribution in [1.29, 1.82) is 0 Å². The van der Waals surface area contributed by atoms with Gasteiger partial charge in [-0.05, 0) is 37.6 Å². The van der Waals surface area contributed by atoms with Crippen molar-refractivity contribution in [2.45, 2.75) is 19.8 Å². The number of methoxy groups -OCH3 is 1. The lowest BCUT2D eigenvalue weighted by Crippen LogP contribution is -2.17. The summed E-state index contributed by atoms with van der Waals surface area (Å²) in [6, 6.07) is 2.03. The molecule has 0 saturated heterocycles. The molecule has 1 aromatic heterocycles. The van der Waals surface area contributed by atoms with Crippen LogP contribution in [0.5, 0.6) is 5.75 Å². The van der Waals surface area contributed by atoms with Crippen molar-refractivity contribution in [3.63, 3.8) is 0 Å². The van der Waals surface area contributed by atoms with Gasteiger partial charge in [0, 0.05) is 6.20 Å². The van der Waals surface area contributed by atoms with Crippen LogP contribution in [0.3, 0.4) is 0 Å². The Bertz CT molecular complexity index is 263. The summed E-state index contributed by atoms with van der Waals surface area (Å²) < 4.78 is 5.10. The molecule has 0 spiro atoms. The summed E-state index contributed by atoms with van der Waals surface area (Å²) in [5, 5.41) is 3.35. The normalized spacial score (nSPS) is 10.1. The van der Waals surface area contributed by atoms with E-state index in [-0.39, 0.29) is 0 Å². The van der Waals surface area contributed by atoms with Crippen LogP contribution in [0.25, 0.3) is 0 Å². The van der Waals surface area contributed by atoms with E-state index in [1.54, 1.807) is 13.3 Å². The minimum absolute atomic E-state index is 0.831. The molecule has 0 amide bonds. The van der Waals surface area contributed by atoms with Crippen LogP contribution in [0.2, 0.25) is 0 Å². The largest absolute Gasteiger partial charge is 0.495 e.